The van der Waals surface area contributed by atoms with E-state index in [-0.39, 0.29) is 11.9 Å². The molecule has 0 aliphatic carbocycles. The van der Waals surface area contributed by atoms with Gasteiger partial charge < -0.3 is 4.90 Å². The molecule has 19 heavy (non-hydrogen) atoms. The molecule has 0 radical (unpaired) electrons. The molecule has 1 saturated heterocycles. The van der Waals surface area contributed by atoms with E-state index < -0.39 is 0 Å². The highest BCUT2D eigenvalue weighted by molar-refractivity contribution is 7.11. The Balaban J connectivity index is 1.88. The molecule has 1 aliphatic rings. The van der Waals surface area contributed by atoms with E-state index in [0.29, 0.717) is 0 Å². The summed E-state index contributed by atoms with van der Waals surface area (Å²) in [5.41, 5.74) is 3.73. The Morgan fingerprint density at radius 1 is 1.42 bits per heavy atom. The molecule has 1 aliphatic heterocycles. The number of nitrogens with zero attached hydrogens (tertiary/aromatic N) is 3. The molecule has 4 nitrogen and oxygen atoms in total. The fourth-order valence-electron chi connectivity index (χ4n) is 2.58. The van der Waals surface area contributed by atoms with Crippen LogP contribution in [0.1, 0.15) is 39.8 Å². The van der Waals surface area contributed by atoms with E-state index in [1.165, 1.54) is 16.9 Å². The molecule has 0 saturated carbocycles. The zero-order chi connectivity index (χ0) is 13.2. The first kappa shape index (κ1) is 12.3. The van der Waals surface area contributed by atoms with Crippen LogP contribution < -0.4 is 0 Å². The zero-order valence-electron chi connectivity index (χ0n) is 10.7. The second-order valence-electron chi connectivity index (χ2n) is 4.70. The van der Waals surface area contributed by atoms with Crippen molar-refractivity contribution in [3.05, 3.63) is 46.2 Å². The third kappa shape index (κ3) is 2.26. The average Bonchev–Trinajstić information content (AvgIpc) is 3.07. The van der Waals surface area contributed by atoms with Gasteiger partial charge in [0.15, 0.2) is 0 Å². The highest BCUT2D eigenvalue weighted by atomic mass is 32.1. The molecule has 98 valence electrons. The maximum Gasteiger partial charge on any atom is 0.266 e. The molecular weight excluding hydrogens is 258 g/mol. The number of rotatable bonds is 2. The second kappa shape index (κ2) is 5.09. The Morgan fingerprint density at radius 3 is 2.89 bits per heavy atom. The topological polar surface area (TPSA) is 46.1 Å². The number of hydrogen-bond acceptors (Lipinski definition) is 4. The van der Waals surface area contributed by atoms with Gasteiger partial charge in [0.05, 0.1) is 17.2 Å². The molecule has 0 N–H and O–H groups in total. The van der Waals surface area contributed by atoms with Crippen LogP contribution in [-0.4, -0.2) is 27.3 Å². The third-order valence-corrected chi connectivity index (χ3v) is 4.46. The van der Waals surface area contributed by atoms with Crippen molar-refractivity contribution < 1.29 is 4.79 Å². The first-order valence-electron chi connectivity index (χ1n) is 6.38. The van der Waals surface area contributed by atoms with Gasteiger partial charge >= 0.3 is 0 Å². The Labute approximate surface area is 116 Å². The summed E-state index contributed by atoms with van der Waals surface area (Å²) >= 11 is 1.43. The molecule has 1 fully saturated rings. The van der Waals surface area contributed by atoms with Gasteiger partial charge in [-0.2, -0.15) is 0 Å². The molecule has 0 spiro atoms. The monoisotopic (exact) mass is 273 g/mol. The lowest BCUT2D eigenvalue weighted by Crippen LogP contribution is -2.30. The molecule has 0 unspecified atom stereocenters. The van der Waals surface area contributed by atoms with Gasteiger partial charge in [-0.1, -0.05) is 0 Å². The van der Waals surface area contributed by atoms with Gasteiger partial charge in [-0.3, -0.25) is 9.78 Å². The summed E-state index contributed by atoms with van der Waals surface area (Å²) < 4.78 is 0. The van der Waals surface area contributed by atoms with Crippen molar-refractivity contribution in [3.63, 3.8) is 0 Å². The molecule has 0 aromatic carbocycles. The number of likely N-dealkylation sites (tertiary alicyclic amines) is 1. The predicted octanol–water partition coefficient (Wildman–Crippen LogP) is 2.82. The van der Waals surface area contributed by atoms with Crippen molar-refractivity contribution in [1.82, 2.24) is 14.9 Å². The number of aryl methyl sites for hydroxylation is 1. The summed E-state index contributed by atoms with van der Waals surface area (Å²) in [6.45, 7) is 2.71. The highest BCUT2D eigenvalue weighted by Gasteiger charge is 2.31. The predicted molar refractivity (Wildman–Crippen MR) is 74.1 cm³/mol. The van der Waals surface area contributed by atoms with Gasteiger partial charge in [0.1, 0.15) is 4.88 Å². The first-order valence-corrected chi connectivity index (χ1v) is 7.26. The Hall–Kier alpha value is -1.75. The average molecular weight is 273 g/mol. The summed E-state index contributed by atoms with van der Waals surface area (Å²) in [7, 11) is 0. The van der Waals surface area contributed by atoms with Crippen LogP contribution >= 0.6 is 11.3 Å². The van der Waals surface area contributed by atoms with Crippen LogP contribution in [0.15, 0.2) is 30.0 Å². The summed E-state index contributed by atoms with van der Waals surface area (Å²) in [6.07, 6.45) is 5.65. The van der Waals surface area contributed by atoms with Crippen LogP contribution in [0.25, 0.3) is 0 Å². The molecule has 5 heteroatoms. The number of pyridine rings is 1. The number of thiazole rings is 1. The molecule has 0 bridgehead atoms. The number of amides is 1. The third-order valence-electron chi connectivity index (χ3n) is 3.54. The molecule has 3 heterocycles. The first-order chi connectivity index (χ1) is 9.27. The van der Waals surface area contributed by atoms with Gasteiger partial charge in [-0.05, 0) is 37.5 Å². The van der Waals surface area contributed by atoms with Gasteiger partial charge in [-0.15, -0.1) is 11.3 Å². The summed E-state index contributed by atoms with van der Waals surface area (Å²) in [4.78, 5) is 23.5. The van der Waals surface area contributed by atoms with Crippen molar-refractivity contribution in [1.29, 1.82) is 0 Å². The van der Waals surface area contributed by atoms with Gasteiger partial charge in [0.25, 0.3) is 5.91 Å². The number of carbonyl (C=O) groups is 1. The van der Waals surface area contributed by atoms with E-state index >= 15 is 0 Å². The van der Waals surface area contributed by atoms with Crippen LogP contribution in [0, 0.1) is 6.92 Å². The van der Waals surface area contributed by atoms with E-state index in [1.807, 2.05) is 24.0 Å². The van der Waals surface area contributed by atoms with E-state index in [0.717, 1.165) is 30.0 Å². The van der Waals surface area contributed by atoms with Crippen LogP contribution in [0.5, 0.6) is 0 Å². The van der Waals surface area contributed by atoms with Crippen molar-refractivity contribution >= 4 is 17.2 Å². The van der Waals surface area contributed by atoms with Crippen molar-refractivity contribution in [2.45, 2.75) is 25.8 Å². The van der Waals surface area contributed by atoms with E-state index in [4.69, 9.17) is 0 Å². The lowest BCUT2D eigenvalue weighted by Gasteiger charge is -2.24. The largest absolute Gasteiger partial charge is 0.331 e. The lowest BCUT2D eigenvalue weighted by atomic mass is 10.1. The molecule has 2 aromatic rings. The minimum absolute atomic E-state index is 0.110. The fourth-order valence-corrected chi connectivity index (χ4v) is 3.34. The van der Waals surface area contributed by atoms with Crippen molar-refractivity contribution in [3.8, 4) is 0 Å². The van der Waals surface area contributed by atoms with E-state index in [9.17, 15) is 4.79 Å². The zero-order valence-corrected chi connectivity index (χ0v) is 11.6. The molecular formula is C14H15N3OS. The molecule has 2 aromatic heterocycles. The Kier molecular flexibility index (Phi) is 3.29. The Morgan fingerprint density at radius 2 is 2.21 bits per heavy atom. The van der Waals surface area contributed by atoms with Gasteiger partial charge in [0, 0.05) is 18.9 Å². The quantitative estimate of drug-likeness (QED) is 0.845. The van der Waals surface area contributed by atoms with Gasteiger partial charge in [-0.25, -0.2) is 4.98 Å². The normalized spacial score (nSPS) is 18.8. The van der Waals surface area contributed by atoms with Crippen LogP contribution in [-0.2, 0) is 0 Å². The maximum atomic E-state index is 12.6. The lowest BCUT2D eigenvalue weighted by molar-refractivity contribution is 0.0739. The van der Waals surface area contributed by atoms with E-state index in [1.54, 1.807) is 17.9 Å². The van der Waals surface area contributed by atoms with Crippen LogP contribution in [0.3, 0.4) is 0 Å². The minimum Gasteiger partial charge on any atom is -0.331 e. The highest BCUT2D eigenvalue weighted by Crippen LogP contribution is 2.33. The summed E-state index contributed by atoms with van der Waals surface area (Å²) in [5.74, 6) is 0.110. The number of aromatic nitrogens is 2. The van der Waals surface area contributed by atoms with E-state index in [2.05, 4.69) is 9.97 Å². The minimum atomic E-state index is 0.110. The molecule has 1 atom stereocenters. The van der Waals surface area contributed by atoms with Gasteiger partial charge in [0.2, 0.25) is 0 Å². The second-order valence-corrected chi connectivity index (χ2v) is 5.56. The Bertz CT molecular complexity index is 581. The summed E-state index contributed by atoms with van der Waals surface area (Å²) in [5, 5.41) is 0. The SMILES string of the molecule is Cc1ncsc1C(=O)N1CCC[C@@H]1c1ccncc1. The standard InChI is InChI=1S/C14H15N3OS/c1-10-13(19-9-16-10)14(18)17-8-2-3-12(17)11-4-6-15-7-5-11/h4-7,9,12H,2-3,8H2,1H3/t12-/m1/s1. The number of carbonyl (C=O) groups excluding carboxylic acids is 1. The van der Waals surface area contributed by atoms with Crippen molar-refractivity contribution in [2.24, 2.45) is 0 Å². The van der Waals surface area contributed by atoms with Crippen LogP contribution in [0.4, 0.5) is 0 Å². The maximum absolute atomic E-state index is 12.6. The molecule has 3 rings (SSSR count). The fraction of sp³-hybridized carbons (Fsp3) is 0.357. The molecule has 1 amide bonds. The van der Waals surface area contributed by atoms with Crippen LogP contribution in [0.2, 0.25) is 0 Å². The van der Waals surface area contributed by atoms with Crippen molar-refractivity contribution in [2.75, 3.05) is 6.54 Å². The smallest absolute Gasteiger partial charge is 0.266 e. The summed E-state index contributed by atoms with van der Waals surface area (Å²) in [6, 6.07) is 4.17. The number of hydrogen-bond donors (Lipinski definition) is 0.